The van der Waals surface area contributed by atoms with Gasteiger partial charge in [-0.15, -0.1) is 0 Å². The molecule has 6 heteroatoms. The van der Waals surface area contributed by atoms with Crippen LogP contribution in [0.5, 0.6) is 0 Å². The molecule has 1 aromatic carbocycles. The number of hydrogen-bond acceptors (Lipinski definition) is 3. The van der Waals surface area contributed by atoms with Gasteiger partial charge < -0.3 is 5.73 Å². The van der Waals surface area contributed by atoms with Gasteiger partial charge in [-0.05, 0) is 21.5 Å². The Labute approximate surface area is 111 Å². The zero-order valence-corrected chi connectivity index (χ0v) is 11.1. The molecule has 0 amide bonds. The highest BCUT2D eigenvalue weighted by Crippen LogP contribution is 2.11. The molecule has 1 atom stereocenters. The molecule has 0 aliphatic heterocycles. The van der Waals surface area contributed by atoms with Gasteiger partial charge in [-0.3, -0.25) is 14.3 Å². The average Bonchev–Trinajstić information content (AvgIpc) is 2.37. The van der Waals surface area contributed by atoms with E-state index in [2.05, 4.69) is 20.9 Å². The number of H-pyrrole nitrogens is 1. The molecule has 0 saturated heterocycles. The predicted molar refractivity (Wildman–Crippen MR) is 72.4 cm³/mol. The maximum absolute atomic E-state index is 11.6. The van der Waals surface area contributed by atoms with Crippen molar-refractivity contribution >= 4 is 15.9 Å². The third-order valence-corrected chi connectivity index (χ3v) is 3.15. The van der Waals surface area contributed by atoms with E-state index in [1.54, 1.807) is 0 Å². The van der Waals surface area contributed by atoms with Crippen LogP contribution in [0.1, 0.15) is 11.6 Å². The van der Waals surface area contributed by atoms with Crippen molar-refractivity contribution in [3.8, 4) is 0 Å². The lowest BCUT2D eigenvalue weighted by atomic mass is 10.1. The van der Waals surface area contributed by atoms with Crippen molar-refractivity contribution in [1.82, 2.24) is 9.55 Å². The quantitative estimate of drug-likeness (QED) is 0.887. The van der Waals surface area contributed by atoms with Gasteiger partial charge >= 0.3 is 5.69 Å². The van der Waals surface area contributed by atoms with Gasteiger partial charge in [-0.25, -0.2) is 4.79 Å². The van der Waals surface area contributed by atoms with Crippen LogP contribution in [-0.2, 0) is 6.54 Å². The number of hydrogen-bond donors (Lipinski definition) is 2. The fourth-order valence-corrected chi connectivity index (χ4v) is 1.98. The fourth-order valence-electron chi connectivity index (χ4n) is 1.64. The van der Waals surface area contributed by atoms with Gasteiger partial charge in [0, 0.05) is 18.8 Å². The summed E-state index contributed by atoms with van der Waals surface area (Å²) in [7, 11) is 0. The fraction of sp³-hybridized carbons (Fsp3) is 0.167. The van der Waals surface area contributed by atoms with Crippen LogP contribution in [0, 0.1) is 0 Å². The smallest absolute Gasteiger partial charge is 0.322 e. The molecular weight excluding hydrogens is 298 g/mol. The summed E-state index contributed by atoms with van der Waals surface area (Å²) in [4.78, 5) is 25.0. The second-order valence-electron chi connectivity index (χ2n) is 3.91. The number of nitrogens with zero attached hydrogens (tertiary/aromatic N) is 1. The number of rotatable bonds is 3. The molecule has 1 unspecified atom stereocenters. The summed E-state index contributed by atoms with van der Waals surface area (Å²) >= 11 is 3.08. The van der Waals surface area contributed by atoms with Gasteiger partial charge in [-0.2, -0.15) is 0 Å². The number of aromatic amines is 1. The SMILES string of the molecule is NC(Cn1cc(Br)c(=O)[nH]c1=O)c1ccccc1. The Morgan fingerprint density at radius 3 is 2.61 bits per heavy atom. The number of benzene rings is 1. The summed E-state index contributed by atoms with van der Waals surface area (Å²) in [5.41, 5.74) is 6.05. The molecule has 5 nitrogen and oxygen atoms in total. The molecule has 0 bridgehead atoms. The van der Waals surface area contributed by atoms with E-state index >= 15 is 0 Å². The molecule has 0 aliphatic carbocycles. The Bertz CT molecular complexity index is 648. The molecule has 3 N–H and O–H groups in total. The highest BCUT2D eigenvalue weighted by molar-refractivity contribution is 9.10. The number of nitrogens with two attached hydrogens (primary N) is 1. The number of nitrogens with one attached hydrogen (secondary N) is 1. The van der Waals surface area contributed by atoms with Gasteiger partial charge in [0.1, 0.15) is 0 Å². The van der Waals surface area contributed by atoms with Crippen molar-refractivity contribution in [2.24, 2.45) is 5.73 Å². The molecule has 1 heterocycles. The van der Waals surface area contributed by atoms with E-state index in [9.17, 15) is 9.59 Å². The Hall–Kier alpha value is -1.66. The lowest BCUT2D eigenvalue weighted by Crippen LogP contribution is -2.32. The Morgan fingerprint density at radius 2 is 1.94 bits per heavy atom. The summed E-state index contributed by atoms with van der Waals surface area (Å²) in [6, 6.07) is 9.18. The normalized spacial score (nSPS) is 12.3. The van der Waals surface area contributed by atoms with Crippen molar-refractivity contribution in [3.63, 3.8) is 0 Å². The second-order valence-corrected chi connectivity index (χ2v) is 4.76. The molecule has 1 aromatic heterocycles. The first-order valence-corrected chi connectivity index (χ1v) is 6.17. The van der Waals surface area contributed by atoms with Crippen LogP contribution in [0.25, 0.3) is 0 Å². The summed E-state index contributed by atoms with van der Waals surface area (Å²) in [6.07, 6.45) is 1.45. The molecule has 18 heavy (non-hydrogen) atoms. The Kier molecular flexibility index (Phi) is 3.78. The predicted octanol–water partition coefficient (Wildman–Crippen LogP) is 0.999. The Morgan fingerprint density at radius 1 is 1.28 bits per heavy atom. The number of halogens is 1. The molecule has 0 fully saturated rings. The van der Waals surface area contributed by atoms with Gasteiger partial charge in [0.15, 0.2) is 0 Å². The monoisotopic (exact) mass is 309 g/mol. The first kappa shape index (κ1) is 12.8. The minimum Gasteiger partial charge on any atom is -0.322 e. The second kappa shape index (κ2) is 5.32. The van der Waals surface area contributed by atoms with Crippen LogP contribution >= 0.6 is 15.9 Å². The minimum absolute atomic E-state index is 0.304. The lowest BCUT2D eigenvalue weighted by molar-refractivity contribution is 0.548. The van der Waals surface area contributed by atoms with E-state index in [0.717, 1.165) is 5.56 Å². The van der Waals surface area contributed by atoms with Gasteiger partial charge in [0.25, 0.3) is 5.56 Å². The van der Waals surface area contributed by atoms with E-state index in [4.69, 9.17) is 5.73 Å². The van der Waals surface area contributed by atoms with Crippen molar-refractivity contribution in [2.75, 3.05) is 0 Å². The summed E-state index contributed by atoms with van der Waals surface area (Å²) in [5, 5.41) is 0. The lowest BCUT2D eigenvalue weighted by Gasteiger charge is -2.13. The van der Waals surface area contributed by atoms with Crippen LogP contribution in [-0.4, -0.2) is 9.55 Å². The van der Waals surface area contributed by atoms with Gasteiger partial charge in [-0.1, -0.05) is 30.3 Å². The van der Waals surface area contributed by atoms with Gasteiger partial charge in [0.2, 0.25) is 0 Å². The summed E-state index contributed by atoms with van der Waals surface area (Å²) in [5.74, 6) is 0. The van der Waals surface area contributed by atoms with E-state index in [1.807, 2.05) is 30.3 Å². The van der Waals surface area contributed by atoms with Crippen molar-refractivity contribution < 1.29 is 0 Å². The van der Waals surface area contributed by atoms with Crippen molar-refractivity contribution in [2.45, 2.75) is 12.6 Å². The van der Waals surface area contributed by atoms with Gasteiger partial charge in [0.05, 0.1) is 4.47 Å². The Balaban J connectivity index is 2.28. The van der Waals surface area contributed by atoms with Crippen molar-refractivity contribution in [3.05, 3.63) is 67.4 Å². The third kappa shape index (κ3) is 2.77. The first-order valence-electron chi connectivity index (χ1n) is 5.37. The van der Waals surface area contributed by atoms with Crippen LogP contribution in [0.3, 0.4) is 0 Å². The molecule has 0 aliphatic rings. The summed E-state index contributed by atoms with van der Waals surface area (Å²) in [6.45, 7) is 0.304. The van der Waals surface area contributed by atoms with E-state index in [1.165, 1.54) is 10.8 Å². The molecule has 94 valence electrons. The topological polar surface area (TPSA) is 80.9 Å². The highest BCUT2D eigenvalue weighted by atomic mass is 79.9. The van der Waals surface area contributed by atoms with E-state index < -0.39 is 11.2 Å². The van der Waals surface area contributed by atoms with E-state index in [0.29, 0.717) is 11.0 Å². The maximum atomic E-state index is 11.6. The first-order chi connectivity index (χ1) is 8.58. The maximum Gasteiger partial charge on any atom is 0.328 e. The largest absolute Gasteiger partial charge is 0.328 e. The zero-order chi connectivity index (χ0) is 13.1. The van der Waals surface area contributed by atoms with Crippen LogP contribution in [0.4, 0.5) is 0 Å². The molecule has 0 saturated carbocycles. The summed E-state index contributed by atoms with van der Waals surface area (Å²) < 4.78 is 1.69. The molecule has 2 rings (SSSR count). The standard InChI is InChI=1S/C12H12BrN3O2/c13-9-6-16(12(18)15-11(9)17)7-10(14)8-4-2-1-3-5-8/h1-6,10H,7,14H2,(H,15,17,18). The molecule has 0 spiro atoms. The molecule has 2 aromatic rings. The average molecular weight is 310 g/mol. The third-order valence-electron chi connectivity index (χ3n) is 2.59. The van der Waals surface area contributed by atoms with Crippen LogP contribution in [0.2, 0.25) is 0 Å². The van der Waals surface area contributed by atoms with Crippen LogP contribution in [0.15, 0.2) is 50.6 Å². The van der Waals surface area contributed by atoms with Crippen molar-refractivity contribution in [1.29, 1.82) is 0 Å². The highest BCUT2D eigenvalue weighted by Gasteiger charge is 2.09. The molecular formula is C12H12BrN3O2. The zero-order valence-electron chi connectivity index (χ0n) is 9.47. The molecule has 0 radical (unpaired) electrons. The minimum atomic E-state index is -0.463. The number of aromatic nitrogens is 2. The van der Waals surface area contributed by atoms with Crippen LogP contribution < -0.4 is 17.0 Å². The van der Waals surface area contributed by atoms with E-state index in [-0.39, 0.29) is 6.04 Å².